The van der Waals surface area contributed by atoms with Gasteiger partial charge < -0.3 is 19.8 Å². The maximum absolute atomic E-state index is 12.4. The van der Waals surface area contributed by atoms with Crippen molar-refractivity contribution in [2.45, 2.75) is 13.0 Å². The molecule has 1 aromatic carbocycles. The van der Waals surface area contributed by atoms with E-state index in [-0.39, 0.29) is 24.4 Å². The number of benzene rings is 1. The van der Waals surface area contributed by atoms with Crippen LogP contribution in [0, 0.1) is 6.92 Å². The number of amides is 1. The molecule has 0 saturated carbocycles. The van der Waals surface area contributed by atoms with Gasteiger partial charge in [-0.05, 0) is 13.0 Å². The van der Waals surface area contributed by atoms with Gasteiger partial charge in [-0.25, -0.2) is 0 Å². The van der Waals surface area contributed by atoms with Crippen molar-refractivity contribution >= 4 is 18.3 Å². The summed E-state index contributed by atoms with van der Waals surface area (Å²) in [6.45, 7) is 4.64. The lowest BCUT2D eigenvalue weighted by molar-refractivity contribution is 0.0287. The lowest BCUT2D eigenvalue weighted by Crippen LogP contribution is -2.45. The largest absolute Gasteiger partial charge is 0.461 e. The van der Waals surface area contributed by atoms with Crippen LogP contribution in [0.15, 0.2) is 40.8 Å². The number of ether oxygens (including phenoxy) is 1. The fourth-order valence-corrected chi connectivity index (χ4v) is 2.54. The molecule has 0 spiro atoms. The summed E-state index contributed by atoms with van der Waals surface area (Å²) in [5.74, 6) is 1.20. The Labute approximate surface area is 141 Å². The van der Waals surface area contributed by atoms with Crippen LogP contribution >= 0.6 is 12.4 Å². The molecule has 1 aliphatic rings. The van der Waals surface area contributed by atoms with Crippen LogP contribution in [0.5, 0.6) is 0 Å². The van der Waals surface area contributed by atoms with Crippen molar-refractivity contribution in [2.75, 3.05) is 26.2 Å². The Morgan fingerprint density at radius 1 is 1.35 bits per heavy atom. The minimum absolute atomic E-state index is 0. The zero-order chi connectivity index (χ0) is 15.4. The van der Waals surface area contributed by atoms with Crippen molar-refractivity contribution in [1.82, 2.24) is 10.6 Å². The fourth-order valence-electron chi connectivity index (χ4n) is 2.54. The van der Waals surface area contributed by atoms with E-state index >= 15 is 0 Å². The molecule has 1 atom stereocenters. The molecule has 23 heavy (non-hydrogen) atoms. The summed E-state index contributed by atoms with van der Waals surface area (Å²) in [6.07, 6.45) is 0.0193. The molecule has 5 nitrogen and oxygen atoms in total. The second kappa shape index (κ2) is 8.15. The number of halogens is 1. The monoisotopic (exact) mass is 336 g/mol. The van der Waals surface area contributed by atoms with Crippen molar-refractivity contribution in [3.8, 4) is 11.3 Å². The molecule has 0 radical (unpaired) electrons. The second-order valence-corrected chi connectivity index (χ2v) is 5.37. The lowest BCUT2D eigenvalue weighted by Gasteiger charge is -2.23. The van der Waals surface area contributed by atoms with E-state index in [2.05, 4.69) is 10.6 Å². The third kappa shape index (κ3) is 4.34. The number of carbonyl (C=O) groups is 1. The first-order chi connectivity index (χ1) is 10.7. The number of aryl methyl sites for hydroxylation is 1. The van der Waals surface area contributed by atoms with Crippen molar-refractivity contribution in [2.24, 2.45) is 0 Å². The number of hydrogen-bond acceptors (Lipinski definition) is 4. The first-order valence-electron chi connectivity index (χ1n) is 7.50. The van der Waals surface area contributed by atoms with Gasteiger partial charge in [-0.3, -0.25) is 4.79 Å². The molecule has 1 fully saturated rings. The second-order valence-electron chi connectivity index (χ2n) is 5.37. The molecule has 0 bridgehead atoms. The van der Waals surface area contributed by atoms with Gasteiger partial charge in [0.25, 0.3) is 5.91 Å². The van der Waals surface area contributed by atoms with E-state index in [0.717, 1.165) is 24.4 Å². The van der Waals surface area contributed by atoms with Gasteiger partial charge in [-0.2, -0.15) is 0 Å². The molecular weight excluding hydrogens is 316 g/mol. The highest BCUT2D eigenvalue weighted by Gasteiger charge is 2.20. The molecule has 1 aliphatic heterocycles. The van der Waals surface area contributed by atoms with E-state index in [1.54, 1.807) is 6.07 Å². The van der Waals surface area contributed by atoms with Gasteiger partial charge in [0.05, 0.1) is 18.3 Å². The predicted molar refractivity (Wildman–Crippen MR) is 91.1 cm³/mol. The van der Waals surface area contributed by atoms with Crippen LogP contribution in [0.3, 0.4) is 0 Å². The standard InChI is InChI=1S/C17H20N2O3.ClH/c1-12-9-15(16(22-12)13-5-3-2-4-6-13)17(20)19-11-14-10-18-7-8-21-14;/h2-6,9,14,18H,7-8,10-11H2,1H3,(H,19,20);1H. The Bertz CT molecular complexity index is 637. The van der Waals surface area contributed by atoms with E-state index in [4.69, 9.17) is 9.15 Å². The van der Waals surface area contributed by atoms with Gasteiger partial charge >= 0.3 is 0 Å². The molecule has 1 saturated heterocycles. The highest BCUT2D eigenvalue weighted by Crippen LogP contribution is 2.26. The van der Waals surface area contributed by atoms with Crippen molar-refractivity contribution in [1.29, 1.82) is 0 Å². The average Bonchev–Trinajstić information content (AvgIpc) is 2.96. The van der Waals surface area contributed by atoms with Crippen LogP contribution in [-0.2, 0) is 4.74 Å². The highest BCUT2D eigenvalue weighted by molar-refractivity contribution is 5.99. The molecule has 2 heterocycles. The number of furan rings is 1. The average molecular weight is 337 g/mol. The lowest BCUT2D eigenvalue weighted by atomic mass is 10.1. The van der Waals surface area contributed by atoms with E-state index in [1.807, 2.05) is 37.3 Å². The zero-order valence-corrected chi connectivity index (χ0v) is 13.8. The Kier molecular flexibility index (Phi) is 6.21. The molecule has 3 rings (SSSR count). The molecular formula is C17H21ClN2O3. The molecule has 2 aromatic rings. The number of hydrogen-bond donors (Lipinski definition) is 2. The third-order valence-corrected chi connectivity index (χ3v) is 3.63. The Morgan fingerprint density at radius 2 is 2.13 bits per heavy atom. The minimum atomic E-state index is -0.134. The van der Waals surface area contributed by atoms with Gasteiger partial charge in [-0.15, -0.1) is 12.4 Å². The molecule has 6 heteroatoms. The normalized spacial score (nSPS) is 17.3. The Balaban J connectivity index is 0.00000192. The smallest absolute Gasteiger partial charge is 0.255 e. The molecule has 2 N–H and O–H groups in total. The van der Waals surface area contributed by atoms with Gasteiger partial charge in [0.2, 0.25) is 0 Å². The van der Waals surface area contributed by atoms with E-state index < -0.39 is 0 Å². The van der Waals surface area contributed by atoms with Crippen LogP contribution in [-0.4, -0.2) is 38.3 Å². The fraction of sp³-hybridized carbons (Fsp3) is 0.353. The number of morpholine rings is 1. The van der Waals surface area contributed by atoms with Crippen LogP contribution in [0.2, 0.25) is 0 Å². The summed E-state index contributed by atoms with van der Waals surface area (Å²) in [4.78, 5) is 12.4. The summed E-state index contributed by atoms with van der Waals surface area (Å²) < 4.78 is 11.3. The van der Waals surface area contributed by atoms with Gasteiger partial charge in [0, 0.05) is 25.2 Å². The van der Waals surface area contributed by atoms with Crippen LogP contribution in [0.1, 0.15) is 16.1 Å². The number of nitrogens with one attached hydrogen (secondary N) is 2. The first kappa shape index (κ1) is 17.5. The summed E-state index contributed by atoms with van der Waals surface area (Å²) in [7, 11) is 0. The Morgan fingerprint density at radius 3 is 2.83 bits per heavy atom. The van der Waals surface area contributed by atoms with E-state index in [0.29, 0.717) is 24.5 Å². The van der Waals surface area contributed by atoms with Crippen molar-refractivity contribution < 1.29 is 13.9 Å². The predicted octanol–water partition coefficient (Wildman–Crippen LogP) is 2.40. The van der Waals surface area contributed by atoms with Gasteiger partial charge in [-0.1, -0.05) is 30.3 Å². The quantitative estimate of drug-likeness (QED) is 0.900. The summed E-state index contributed by atoms with van der Waals surface area (Å²) in [6, 6.07) is 11.4. The third-order valence-electron chi connectivity index (χ3n) is 3.63. The molecule has 1 aromatic heterocycles. The molecule has 124 valence electrons. The molecule has 0 aliphatic carbocycles. The maximum atomic E-state index is 12.4. The topological polar surface area (TPSA) is 63.5 Å². The maximum Gasteiger partial charge on any atom is 0.255 e. The SMILES string of the molecule is Cc1cc(C(=O)NCC2CNCCO2)c(-c2ccccc2)o1.Cl. The molecule has 1 amide bonds. The summed E-state index contributed by atoms with van der Waals surface area (Å²) in [5, 5.41) is 6.17. The molecule has 1 unspecified atom stereocenters. The summed E-state index contributed by atoms with van der Waals surface area (Å²) >= 11 is 0. The highest BCUT2D eigenvalue weighted by atomic mass is 35.5. The van der Waals surface area contributed by atoms with E-state index in [9.17, 15) is 4.79 Å². The van der Waals surface area contributed by atoms with E-state index in [1.165, 1.54) is 0 Å². The number of carbonyl (C=O) groups excluding carboxylic acids is 1. The van der Waals surface area contributed by atoms with Crippen LogP contribution in [0.25, 0.3) is 11.3 Å². The first-order valence-corrected chi connectivity index (χ1v) is 7.50. The van der Waals surface area contributed by atoms with Crippen molar-refractivity contribution in [3.63, 3.8) is 0 Å². The number of rotatable bonds is 4. The Hall–Kier alpha value is -1.82. The van der Waals surface area contributed by atoms with Gasteiger partial charge in [0.1, 0.15) is 11.5 Å². The van der Waals surface area contributed by atoms with Crippen molar-refractivity contribution in [3.05, 3.63) is 47.7 Å². The zero-order valence-electron chi connectivity index (χ0n) is 13.0. The van der Waals surface area contributed by atoms with Gasteiger partial charge in [0.15, 0.2) is 0 Å². The summed E-state index contributed by atoms with van der Waals surface area (Å²) in [5.41, 5.74) is 1.46. The van der Waals surface area contributed by atoms with Crippen LogP contribution in [0.4, 0.5) is 0 Å². The van der Waals surface area contributed by atoms with Crippen LogP contribution < -0.4 is 10.6 Å². The minimum Gasteiger partial charge on any atom is -0.461 e.